The van der Waals surface area contributed by atoms with Crippen molar-refractivity contribution in [1.29, 1.82) is 0 Å². The van der Waals surface area contributed by atoms with Gasteiger partial charge in [-0.3, -0.25) is 0 Å². The summed E-state index contributed by atoms with van der Waals surface area (Å²) in [5.41, 5.74) is 3.34. The average Bonchev–Trinajstić information content (AvgIpc) is 2.63. The van der Waals surface area contributed by atoms with Crippen LogP contribution in [-0.4, -0.2) is 6.04 Å². The van der Waals surface area contributed by atoms with Gasteiger partial charge in [-0.2, -0.15) is 0 Å². The Morgan fingerprint density at radius 1 is 1.38 bits per heavy atom. The lowest BCUT2D eigenvalue weighted by Gasteiger charge is -2.41. The van der Waals surface area contributed by atoms with Crippen molar-refractivity contribution in [3.05, 3.63) is 35.4 Å². The fourth-order valence-corrected chi connectivity index (χ4v) is 2.99. The maximum Gasteiger partial charge on any atom is 0.0454 e. The van der Waals surface area contributed by atoms with Gasteiger partial charge in [0.15, 0.2) is 0 Å². The second kappa shape index (κ2) is 2.36. The fraction of sp³-hybridized carbons (Fsp3) is 0.500. The van der Waals surface area contributed by atoms with Crippen molar-refractivity contribution in [2.75, 3.05) is 0 Å². The molecule has 1 nitrogen and oxygen atoms in total. The molecular formula is C12H15N. The molecule has 2 unspecified atom stereocenters. The molecule has 1 aromatic rings. The van der Waals surface area contributed by atoms with E-state index in [0.717, 1.165) is 6.04 Å². The third kappa shape index (κ3) is 0.910. The molecule has 1 aliphatic carbocycles. The zero-order valence-electron chi connectivity index (χ0n) is 8.01. The van der Waals surface area contributed by atoms with Gasteiger partial charge < -0.3 is 5.32 Å². The maximum absolute atomic E-state index is 3.69. The lowest BCUT2D eigenvalue weighted by Crippen LogP contribution is -2.53. The Labute approximate surface area is 79.2 Å². The van der Waals surface area contributed by atoms with Gasteiger partial charge >= 0.3 is 0 Å². The molecule has 0 radical (unpaired) electrons. The largest absolute Gasteiger partial charge is 0.304 e. The van der Waals surface area contributed by atoms with Crippen LogP contribution < -0.4 is 5.32 Å². The molecule has 2 aliphatic heterocycles. The molecule has 1 aromatic carbocycles. The number of fused-ring (bicyclic) bond motifs is 1. The van der Waals surface area contributed by atoms with E-state index in [1.54, 1.807) is 0 Å². The zero-order valence-corrected chi connectivity index (χ0v) is 8.01. The van der Waals surface area contributed by atoms with E-state index in [-0.39, 0.29) is 0 Å². The van der Waals surface area contributed by atoms with Crippen LogP contribution in [0.2, 0.25) is 0 Å². The smallest absolute Gasteiger partial charge is 0.0454 e. The summed E-state index contributed by atoms with van der Waals surface area (Å²) in [6.45, 7) is 2.22. The summed E-state index contributed by atoms with van der Waals surface area (Å²) in [6.07, 6.45) is 4.06. The van der Waals surface area contributed by atoms with Crippen LogP contribution in [0.5, 0.6) is 0 Å². The summed E-state index contributed by atoms with van der Waals surface area (Å²) in [4.78, 5) is 0. The Kier molecular flexibility index (Phi) is 1.37. The van der Waals surface area contributed by atoms with Crippen molar-refractivity contribution >= 4 is 0 Å². The van der Waals surface area contributed by atoms with Crippen LogP contribution in [0.25, 0.3) is 0 Å². The van der Waals surface area contributed by atoms with Crippen LogP contribution >= 0.6 is 0 Å². The van der Waals surface area contributed by atoms with Crippen LogP contribution in [0, 0.1) is 6.92 Å². The highest BCUT2D eigenvalue weighted by Crippen LogP contribution is 2.48. The first-order chi connectivity index (χ1) is 6.30. The quantitative estimate of drug-likeness (QED) is 0.687. The Morgan fingerprint density at radius 3 is 2.77 bits per heavy atom. The molecule has 2 saturated heterocycles. The predicted octanol–water partition coefficient (Wildman–Crippen LogP) is 2.35. The highest BCUT2D eigenvalue weighted by Gasteiger charge is 2.51. The SMILES string of the molecule is Cc1ccccc1C12CCC(C1)N2. The molecule has 1 N–H and O–H groups in total. The Bertz CT molecular complexity index is 331. The number of aryl methyl sites for hydroxylation is 1. The van der Waals surface area contributed by atoms with Gasteiger partial charge in [-0.05, 0) is 37.3 Å². The van der Waals surface area contributed by atoms with Gasteiger partial charge in [-0.1, -0.05) is 24.3 Å². The standard InChI is InChI=1S/C12H15N/c1-9-4-2-3-5-11(9)12-7-6-10(8-12)13-12/h2-5,10,13H,6-8H2,1H3. The molecule has 68 valence electrons. The van der Waals surface area contributed by atoms with E-state index in [1.165, 1.54) is 30.4 Å². The molecule has 2 bridgehead atoms. The number of hydrogen-bond acceptors (Lipinski definition) is 1. The van der Waals surface area contributed by atoms with E-state index in [1.807, 2.05) is 0 Å². The first-order valence-corrected chi connectivity index (χ1v) is 5.14. The van der Waals surface area contributed by atoms with E-state index >= 15 is 0 Å². The molecule has 1 heteroatoms. The summed E-state index contributed by atoms with van der Waals surface area (Å²) in [5.74, 6) is 0. The second-order valence-electron chi connectivity index (χ2n) is 4.48. The molecule has 2 atom stereocenters. The highest BCUT2D eigenvalue weighted by atomic mass is 15.1. The van der Waals surface area contributed by atoms with Crippen molar-refractivity contribution in [1.82, 2.24) is 5.32 Å². The molecule has 13 heavy (non-hydrogen) atoms. The summed E-state index contributed by atoms with van der Waals surface area (Å²) in [6, 6.07) is 9.60. The summed E-state index contributed by atoms with van der Waals surface area (Å²) >= 11 is 0. The molecular weight excluding hydrogens is 158 g/mol. The average molecular weight is 173 g/mol. The normalized spacial score (nSPS) is 35.9. The maximum atomic E-state index is 3.69. The van der Waals surface area contributed by atoms with E-state index in [0.29, 0.717) is 5.54 Å². The third-order valence-electron chi connectivity index (χ3n) is 3.66. The van der Waals surface area contributed by atoms with Crippen molar-refractivity contribution in [2.24, 2.45) is 0 Å². The van der Waals surface area contributed by atoms with Gasteiger partial charge in [0.1, 0.15) is 0 Å². The summed E-state index contributed by atoms with van der Waals surface area (Å²) < 4.78 is 0. The van der Waals surface area contributed by atoms with E-state index in [4.69, 9.17) is 0 Å². The summed E-state index contributed by atoms with van der Waals surface area (Å²) in [5, 5.41) is 3.69. The van der Waals surface area contributed by atoms with Crippen LogP contribution in [0.4, 0.5) is 0 Å². The van der Waals surface area contributed by atoms with Gasteiger partial charge in [0.05, 0.1) is 0 Å². The first kappa shape index (κ1) is 7.57. The van der Waals surface area contributed by atoms with Crippen LogP contribution in [0.15, 0.2) is 24.3 Å². The van der Waals surface area contributed by atoms with Crippen molar-refractivity contribution < 1.29 is 0 Å². The van der Waals surface area contributed by atoms with E-state index < -0.39 is 0 Å². The predicted molar refractivity (Wildman–Crippen MR) is 53.6 cm³/mol. The van der Waals surface area contributed by atoms with Gasteiger partial charge in [-0.25, -0.2) is 0 Å². The Morgan fingerprint density at radius 2 is 2.15 bits per heavy atom. The number of nitrogens with one attached hydrogen (secondary N) is 1. The summed E-state index contributed by atoms with van der Waals surface area (Å²) in [7, 11) is 0. The molecule has 0 aromatic heterocycles. The molecule has 3 aliphatic rings. The van der Waals surface area contributed by atoms with Gasteiger partial charge in [-0.15, -0.1) is 0 Å². The van der Waals surface area contributed by atoms with Crippen molar-refractivity contribution in [3.63, 3.8) is 0 Å². The van der Waals surface area contributed by atoms with Crippen molar-refractivity contribution in [3.8, 4) is 0 Å². The molecule has 0 spiro atoms. The van der Waals surface area contributed by atoms with Crippen LogP contribution in [0.1, 0.15) is 30.4 Å². The number of rotatable bonds is 1. The Hall–Kier alpha value is -0.820. The molecule has 2 heterocycles. The van der Waals surface area contributed by atoms with E-state index in [2.05, 4.69) is 36.5 Å². The molecule has 3 fully saturated rings. The third-order valence-corrected chi connectivity index (χ3v) is 3.66. The lowest BCUT2D eigenvalue weighted by molar-refractivity contribution is 0.224. The minimum Gasteiger partial charge on any atom is -0.304 e. The monoisotopic (exact) mass is 173 g/mol. The van der Waals surface area contributed by atoms with Crippen LogP contribution in [0.3, 0.4) is 0 Å². The number of benzene rings is 1. The highest BCUT2D eigenvalue weighted by molar-refractivity contribution is 5.37. The second-order valence-corrected chi connectivity index (χ2v) is 4.48. The first-order valence-electron chi connectivity index (χ1n) is 5.14. The van der Waals surface area contributed by atoms with Crippen molar-refractivity contribution in [2.45, 2.75) is 37.8 Å². The minimum absolute atomic E-state index is 0.371. The van der Waals surface area contributed by atoms with Gasteiger partial charge in [0.25, 0.3) is 0 Å². The molecule has 0 amide bonds. The molecule has 4 rings (SSSR count). The topological polar surface area (TPSA) is 12.0 Å². The van der Waals surface area contributed by atoms with Gasteiger partial charge in [0, 0.05) is 11.6 Å². The van der Waals surface area contributed by atoms with Crippen LogP contribution in [-0.2, 0) is 5.54 Å². The Balaban J connectivity index is 2.05. The fourth-order valence-electron chi connectivity index (χ4n) is 2.99. The lowest BCUT2D eigenvalue weighted by atomic mass is 9.81. The van der Waals surface area contributed by atoms with Gasteiger partial charge in [0.2, 0.25) is 0 Å². The molecule has 1 saturated carbocycles. The zero-order chi connectivity index (χ0) is 8.89. The minimum atomic E-state index is 0.371. The number of hydrogen-bond donors (Lipinski definition) is 1. The van der Waals surface area contributed by atoms with E-state index in [9.17, 15) is 0 Å².